The minimum Gasteiger partial charge on any atom is -0.338 e. The Bertz CT molecular complexity index is 921. The molecule has 26 heavy (non-hydrogen) atoms. The van der Waals surface area contributed by atoms with Crippen LogP contribution in [-0.4, -0.2) is 43.0 Å². The van der Waals surface area contributed by atoms with E-state index in [2.05, 4.69) is 4.98 Å². The molecule has 8 heteroatoms. The smallest absolute Gasteiger partial charge is 0.282 e. The predicted octanol–water partition coefficient (Wildman–Crippen LogP) is 2.00. The molecule has 0 fully saturated rings. The molecular weight excluding hydrogens is 352 g/mol. The maximum absolute atomic E-state index is 13.1. The van der Waals surface area contributed by atoms with E-state index in [0.29, 0.717) is 18.2 Å². The van der Waals surface area contributed by atoms with Gasteiger partial charge in [-0.2, -0.15) is 0 Å². The summed E-state index contributed by atoms with van der Waals surface area (Å²) in [4.78, 5) is 31.2. The standard InChI is InChI=1S/C18H18N4O3S/c1-20(2)11-12-21(18-19-14-8-4-6-10-16(14)26-18)17(23)13-7-3-5-9-15(13)22(24)25/h3-10H,11-12H2,1-2H3/p+1. The first-order valence-electron chi connectivity index (χ1n) is 8.17. The molecule has 3 aromatic rings. The van der Waals surface area contributed by atoms with Gasteiger partial charge in [-0.3, -0.25) is 19.8 Å². The van der Waals surface area contributed by atoms with Crippen molar-refractivity contribution in [1.82, 2.24) is 4.98 Å². The van der Waals surface area contributed by atoms with E-state index in [1.807, 2.05) is 38.4 Å². The highest BCUT2D eigenvalue weighted by Gasteiger charge is 2.27. The van der Waals surface area contributed by atoms with Crippen LogP contribution in [0.5, 0.6) is 0 Å². The maximum Gasteiger partial charge on any atom is 0.282 e. The molecule has 0 saturated carbocycles. The Kier molecular flexibility index (Phi) is 5.24. The number of benzene rings is 2. The van der Waals surface area contributed by atoms with Crippen LogP contribution in [0.25, 0.3) is 10.2 Å². The van der Waals surface area contributed by atoms with E-state index in [-0.39, 0.29) is 11.3 Å². The van der Waals surface area contributed by atoms with Crippen molar-refractivity contribution in [3.63, 3.8) is 0 Å². The molecule has 7 nitrogen and oxygen atoms in total. The van der Waals surface area contributed by atoms with Crippen molar-refractivity contribution in [3.05, 3.63) is 64.2 Å². The number of hydrogen-bond donors (Lipinski definition) is 1. The molecule has 0 atom stereocenters. The van der Waals surface area contributed by atoms with Crippen LogP contribution >= 0.6 is 11.3 Å². The number of quaternary nitrogens is 1. The fourth-order valence-electron chi connectivity index (χ4n) is 2.55. The van der Waals surface area contributed by atoms with E-state index in [1.165, 1.54) is 28.4 Å². The summed E-state index contributed by atoms with van der Waals surface area (Å²) >= 11 is 1.41. The van der Waals surface area contributed by atoms with Crippen molar-refractivity contribution >= 4 is 38.3 Å². The predicted molar refractivity (Wildman–Crippen MR) is 102 cm³/mol. The van der Waals surface area contributed by atoms with Crippen LogP contribution in [0.4, 0.5) is 10.8 Å². The minimum absolute atomic E-state index is 0.0745. The van der Waals surface area contributed by atoms with Crippen LogP contribution in [0.3, 0.4) is 0 Å². The molecule has 0 aliphatic carbocycles. The molecule has 0 aliphatic heterocycles. The van der Waals surface area contributed by atoms with Gasteiger partial charge in [0.25, 0.3) is 11.6 Å². The lowest BCUT2D eigenvalue weighted by atomic mass is 10.1. The Hall–Kier alpha value is -2.84. The van der Waals surface area contributed by atoms with E-state index < -0.39 is 10.8 Å². The molecule has 0 spiro atoms. The molecular formula is C18H19N4O3S+. The normalized spacial score (nSPS) is 11.0. The summed E-state index contributed by atoms with van der Waals surface area (Å²) < 4.78 is 0.972. The molecule has 134 valence electrons. The van der Waals surface area contributed by atoms with Crippen LogP contribution < -0.4 is 9.80 Å². The number of thiazole rings is 1. The highest BCUT2D eigenvalue weighted by atomic mass is 32.1. The first-order valence-corrected chi connectivity index (χ1v) is 8.99. The quantitative estimate of drug-likeness (QED) is 0.531. The lowest BCUT2D eigenvalue weighted by Crippen LogP contribution is -3.06. The number of nitrogens with zero attached hydrogens (tertiary/aromatic N) is 3. The Labute approximate surface area is 154 Å². The van der Waals surface area contributed by atoms with Gasteiger partial charge in [0.2, 0.25) is 0 Å². The van der Waals surface area contributed by atoms with Crippen molar-refractivity contribution in [2.45, 2.75) is 0 Å². The van der Waals surface area contributed by atoms with E-state index in [1.54, 1.807) is 17.0 Å². The van der Waals surface area contributed by atoms with Crippen molar-refractivity contribution < 1.29 is 14.6 Å². The zero-order valence-corrected chi connectivity index (χ0v) is 15.3. The summed E-state index contributed by atoms with van der Waals surface area (Å²) in [5.74, 6) is -0.405. The minimum atomic E-state index is -0.527. The SMILES string of the molecule is C[NH+](C)CCN(C(=O)c1ccccc1[N+](=O)[O-])c1nc2ccccc2s1. The largest absolute Gasteiger partial charge is 0.338 e. The molecule has 1 aromatic heterocycles. The van der Waals surface area contributed by atoms with E-state index in [4.69, 9.17) is 0 Å². The molecule has 0 radical (unpaired) electrons. The summed E-state index contributed by atoms with van der Waals surface area (Å²) in [5.41, 5.74) is 0.691. The van der Waals surface area contributed by atoms with Gasteiger partial charge in [0.05, 0.1) is 42.3 Å². The van der Waals surface area contributed by atoms with Crippen LogP contribution in [0.1, 0.15) is 10.4 Å². The molecule has 1 heterocycles. The second kappa shape index (κ2) is 7.59. The zero-order chi connectivity index (χ0) is 18.7. The van der Waals surface area contributed by atoms with Gasteiger partial charge in [-0.25, -0.2) is 4.98 Å². The highest BCUT2D eigenvalue weighted by Crippen LogP contribution is 2.30. The first kappa shape index (κ1) is 18.0. The number of fused-ring (bicyclic) bond motifs is 1. The molecule has 0 aliphatic rings. The molecule has 0 unspecified atom stereocenters. The number of carbonyl (C=O) groups is 1. The van der Waals surface area contributed by atoms with E-state index >= 15 is 0 Å². The summed E-state index contributed by atoms with van der Waals surface area (Å²) in [6.07, 6.45) is 0. The van der Waals surface area contributed by atoms with Gasteiger partial charge in [-0.15, -0.1) is 0 Å². The molecule has 0 saturated heterocycles. The maximum atomic E-state index is 13.1. The number of carbonyl (C=O) groups excluding carboxylic acids is 1. The van der Waals surface area contributed by atoms with Gasteiger partial charge in [-0.1, -0.05) is 35.6 Å². The lowest BCUT2D eigenvalue weighted by molar-refractivity contribution is -0.856. The van der Waals surface area contributed by atoms with Crippen molar-refractivity contribution in [2.75, 3.05) is 32.1 Å². The van der Waals surface area contributed by atoms with Crippen LogP contribution in [0, 0.1) is 10.1 Å². The Morgan fingerprint density at radius 1 is 1.19 bits per heavy atom. The van der Waals surface area contributed by atoms with Gasteiger partial charge in [0.1, 0.15) is 5.56 Å². The number of hydrogen-bond acceptors (Lipinski definition) is 5. The van der Waals surface area contributed by atoms with E-state index in [0.717, 1.165) is 10.2 Å². The number of nitro benzene ring substituents is 1. The number of likely N-dealkylation sites (N-methyl/N-ethyl adjacent to an activating group) is 1. The molecule has 2 aromatic carbocycles. The van der Waals surface area contributed by atoms with E-state index in [9.17, 15) is 14.9 Å². The summed E-state index contributed by atoms with van der Waals surface area (Å²) in [5, 5.41) is 11.9. The fourth-order valence-corrected chi connectivity index (χ4v) is 3.54. The average Bonchev–Trinajstić information content (AvgIpc) is 3.05. The molecule has 0 bridgehead atoms. The summed E-state index contributed by atoms with van der Waals surface area (Å²) in [6.45, 7) is 1.12. The first-order chi connectivity index (χ1) is 12.5. The number of rotatable bonds is 6. The van der Waals surface area contributed by atoms with Crippen molar-refractivity contribution in [1.29, 1.82) is 0 Å². The number of nitrogens with one attached hydrogen (secondary N) is 1. The fraction of sp³-hybridized carbons (Fsp3) is 0.222. The number of amides is 1. The second-order valence-corrected chi connectivity index (χ2v) is 7.16. The lowest BCUT2D eigenvalue weighted by Gasteiger charge is -2.20. The van der Waals surface area contributed by atoms with Crippen molar-refractivity contribution in [3.8, 4) is 0 Å². The summed E-state index contributed by atoms with van der Waals surface area (Å²) in [7, 11) is 3.98. The Morgan fingerprint density at radius 2 is 1.88 bits per heavy atom. The van der Waals surface area contributed by atoms with Gasteiger partial charge >= 0.3 is 0 Å². The second-order valence-electron chi connectivity index (χ2n) is 6.15. The average molecular weight is 371 g/mol. The number of nitro groups is 1. The topological polar surface area (TPSA) is 80.8 Å². The molecule has 3 rings (SSSR count). The van der Waals surface area contributed by atoms with Crippen LogP contribution in [0.2, 0.25) is 0 Å². The molecule has 1 N–H and O–H groups in total. The third-order valence-electron chi connectivity index (χ3n) is 3.93. The van der Waals surface area contributed by atoms with Gasteiger partial charge < -0.3 is 4.90 Å². The van der Waals surface area contributed by atoms with Crippen LogP contribution in [0.15, 0.2) is 48.5 Å². The monoisotopic (exact) mass is 371 g/mol. The Morgan fingerprint density at radius 3 is 2.58 bits per heavy atom. The number of aromatic nitrogens is 1. The summed E-state index contributed by atoms with van der Waals surface area (Å²) in [6, 6.07) is 13.7. The Balaban J connectivity index is 2.03. The number of para-hydroxylation sites is 2. The van der Waals surface area contributed by atoms with Crippen molar-refractivity contribution in [2.24, 2.45) is 0 Å². The van der Waals surface area contributed by atoms with Gasteiger partial charge in [0, 0.05) is 6.07 Å². The number of anilines is 1. The third kappa shape index (κ3) is 3.71. The third-order valence-corrected chi connectivity index (χ3v) is 4.98. The van der Waals surface area contributed by atoms with Crippen LogP contribution in [-0.2, 0) is 0 Å². The van der Waals surface area contributed by atoms with Gasteiger partial charge in [0.15, 0.2) is 5.13 Å². The highest BCUT2D eigenvalue weighted by molar-refractivity contribution is 7.22. The van der Waals surface area contributed by atoms with Gasteiger partial charge in [-0.05, 0) is 18.2 Å². The molecule has 1 amide bonds. The zero-order valence-electron chi connectivity index (χ0n) is 14.5.